The highest BCUT2D eigenvalue weighted by Crippen LogP contribution is 2.25. The summed E-state index contributed by atoms with van der Waals surface area (Å²) in [4.78, 5) is 23.3. The highest BCUT2D eigenvalue weighted by atomic mass is 32.2. The van der Waals surface area contributed by atoms with E-state index < -0.39 is 16.0 Å². The lowest BCUT2D eigenvalue weighted by atomic mass is 9.98. The number of sulfonamides is 1. The molecule has 1 aromatic carbocycles. The second-order valence-electron chi connectivity index (χ2n) is 5.45. The molecule has 1 heterocycles. The van der Waals surface area contributed by atoms with Crippen molar-refractivity contribution >= 4 is 22.0 Å². The summed E-state index contributed by atoms with van der Waals surface area (Å²) >= 11 is 0. The minimum atomic E-state index is -3.71. The van der Waals surface area contributed by atoms with Crippen LogP contribution < -0.4 is 0 Å². The molecule has 1 saturated heterocycles. The largest absolute Gasteiger partial charge is 0.466 e. The molecule has 0 bridgehead atoms. The molecule has 0 aliphatic carbocycles. The molecule has 0 saturated carbocycles. The van der Waals surface area contributed by atoms with Crippen LogP contribution in [0.1, 0.15) is 30.1 Å². The van der Waals surface area contributed by atoms with Crippen LogP contribution in [-0.4, -0.2) is 51.5 Å². The number of benzene rings is 1. The van der Waals surface area contributed by atoms with Gasteiger partial charge in [-0.2, -0.15) is 4.31 Å². The summed E-state index contributed by atoms with van der Waals surface area (Å²) in [5.74, 6) is -1.13. The molecule has 7 nitrogen and oxygen atoms in total. The standard InChI is InChI=1S/C16H21NO6S/c1-3-23-16(19)12-7-9-17(10-8-12)24(20,21)14-6-4-5-13(11-14)15(18)22-2/h4-6,11-12H,3,7-10H2,1-2H3. The Balaban J connectivity index is 2.12. The normalized spacial score (nSPS) is 16.6. The minimum Gasteiger partial charge on any atom is -0.466 e. The van der Waals surface area contributed by atoms with Crippen molar-refractivity contribution in [3.8, 4) is 0 Å². The smallest absolute Gasteiger partial charge is 0.337 e. The van der Waals surface area contributed by atoms with E-state index in [1.54, 1.807) is 6.92 Å². The van der Waals surface area contributed by atoms with Gasteiger partial charge in [-0.15, -0.1) is 0 Å². The zero-order valence-corrected chi connectivity index (χ0v) is 14.5. The fraction of sp³-hybridized carbons (Fsp3) is 0.500. The molecule has 8 heteroatoms. The van der Waals surface area contributed by atoms with Crippen LogP contribution in [0.3, 0.4) is 0 Å². The summed E-state index contributed by atoms with van der Waals surface area (Å²) in [5.41, 5.74) is 0.181. The van der Waals surface area contributed by atoms with Gasteiger partial charge in [0.15, 0.2) is 0 Å². The first-order chi connectivity index (χ1) is 11.4. The molecule has 0 aromatic heterocycles. The Morgan fingerprint density at radius 2 is 1.92 bits per heavy atom. The van der Waals surface area contributed by atoms with Crippen LogP contribution in [0.5, 0.6) is 0 Å². The predicted molar refractivity (Wildman–Crippen MR) is 85.9 cm³/mol. The lowest BCUT2D eigenvalue weighted by Gasteiger charge is -2.30. The van der Waals surface area contributed by atoms with Gasteiger partial charge in [-0.25, -0.2) is 13.2 Å². The number of piperidine rings is 1. The first-order valence-electron chi connectivity index (χ1n) is 7.75. The average molecular weight is 355 g/mol. The molecule has 1 aliphatic heterocycles. The lowest BCUT2D eigenvalue weighted by Crippen LogP contribution is -2.40. The van der Waals surface area contributed by atoms with Crippen molar-refractivity contribution in [2.24, 2.45) is 5.92 Å². The molecular formula is C16H21NO6S. The van der Waals surface area contributed by atoms with Gasteiger partial charge >= 0.3 is 11.9 Å². The molecule has 0 unspecified atom stereocenters. The molecule has 0 spiro atoms. The van der Waals surface area contributed by atoms with Crippen LogP contribution >= 0.6 is 0 Å². The molecule has 132 valence electrons. The number of esters is 2. The summed E-state index contributed by atoms with van der Waals surface area (Å²) in [5, 5.41) is 0. The van der Waals surface area contributed by atoms with Crippen molar-refractivity contribution in [1.29, 1.82) is 0 Å². The first-order valence-corrected chi connectivity index (χ1v) is 9.19. The van der Waals surface area contributed by atoms with E-state index in [0.717, 1.165) is 0 Å². The van der Waals surface area contributed by atoms with Crippen LogP contribution in [0.15, 0.2) is 29.2 Å². The molecule has 2 rings (SSSR count). The van der Waals surface area contributed by atoms with Crippen molar-refractivity contribution in [2.75, 3.05) is 26.8 Å². The minimum absolute atomic E-state index is 0.0417. The van der Waals surface area contributed by atoms with Crippen LogP contribution in [0.4, 0.5) is 0 Å². The van der Waals surface area contributed by atoms with Gasteiger partial charge in [0.2, 0.25) is 10.0 Å². The number of carbonyl (C=O) groups is 2. The number of nitrogens with zero attached hydrogens (tertiary/aromatic N) is 1. The summed E-state index contributed by atoms with van der Waals surface area (Å²) in [6.45, 7) is 2.55. The second kappa shape index (κ2) is 7.76. The van der Waals surface area contributed by atoms with E-state index in [4.69, 9.17) is 4.74 Å². The predicted octanol–water partition coefficient (Wildman–Crippen LogP) is 1.44. The Kier molecular flexibility index (Phi) is 5.95. The van der Waals surface area contributed by atoms with Gasteiger partial charge < -0.3 is 9.47 Å². The van der Waals surface area contributed by atoms with Crippen LogP contribution in [0.25, 0.3) is 0 Å². The van der Waals surface area contributed by atoms with E-state index in [2.05, 4.69) is 4.74 Å². The zero-order chi connectivity index (χ0) is 17.7. The van der Waals surface area contributed by atoms with Crippen molar-refractivity contribution in [1.82, 2.24) is 4.31 Å². The van der Waals surface area contributed by atoms with Crippen LogP contribution in [0, 0.1) is 5.92 Å². The van der Waals surface area contributed by atoms with Crippen molar-refractivity contribution in [3.05, 3.63) is 29.8 Å². The van der Waals surface area contributed by atoms with Crippen LogP contribution in [-0.2, 0) is 24.3 Å². The van der Waals surface area contributed by atoms with E-state index in [-0.39, 0.29) is 35.4 Å². The lowest BCUT2D eigenvalue weighted by molar-refractivity contribution is -0.149. The van der Waals surface area contributed by atoms with E-state index in [1.165, 1.54) is 35.7 Å². The molecule has 0 N–H and O–H groups in total. The number of ether oxygens (including phenoxy) is 2. The third kappa shape index (κ3) is 3.93. The quantitative estimate of drug-likeness (QED) is 0.743. The number of carbonyl (C=O) groups excluding carboxylic acids is 2. The number of hydrogen-bond acceptors (Lipinski definition) is 6. The molecule has 0 atom stereocenters. The maximum Gasteiger partial charge on any atom is 0.337 e. The third-order valence-electron chi connectivity index (χ3n) is 3.97. The maximum atomic E-state index is 12.7. The Bertz CT molecular complexity index is 707. The van der Waals surface area contributed by atoms with Crippen molar-refractivity contribution < 1.29 is 27.5 Å². The molecule has 0 amide bonds. The molecular weight excluding hydrogens is 334 g/mol. The summed E-state index contributed by atoms with van der Waals surface area (Å²) in [6.07, 6.45) is 0.851. The Morgan fingerprint density at radius 3 is 2.50 bits per heavy atom. The van der Waals surface area contributed by atoms with Gasteiger partial charge in [0.25, 0.3) is 0 Å². The zero-order valence-electron chi connectivity index (χ0n) is 13.7. The maximum absolute atomic E-state index is 12.7. The second-order valence-corrected chi connectivity index (χ2v) is 7.39. The molecule has 1 fully saturated rings. The van der Waals surface area contributed by atoms with Crippen molar-refractivity contribution in [3.63, 3.8) is 0 Å². The van der Waals surface area contributed by atoms with Gasteiger partial charge in [0.1, 0.15) is 0 Å². The Morgan fingerprint density at radius 1 is 1.25 bits per heavy atom. The Hall–Kier alpha value is -1.93. The van der Waals surface area contributed by atoms with E-state index in [1.807, 2.05) is 0 Å². The SMILES string of the molecule is CCOC(=O)C1CCN(S(=O)(=O)c2cccc(C(=O)OC)c2)CC1. The first kappa shape index (κ1) is 18.4. The monoisotopic (exact) mass is 355 g/mol. The molecule has 1 aliphatic rings. The molecule has 0 radical (unpaired) electrons. The van der Waals surface area contributed by atoms with E-state index in [9.17, 15) is 18.0 Å². The third-order valence-corrected chi connectivity index (χ3v) is 5.86. The number of methoxy groups -OCH3 is 1. The highest BCUT2D eigenvalue weighted by molar-refractivity contribution is 7.89. The summed E-state index contributed by atoms with van der Waals surface area (Å²) in [6, 6.07) is 5.75. The van der Waals surface area contributed by atoms with E-state index in [0.29, 0.717) is 19.4 Å². The van der Waals surface area contributed by atoms with Gasteiger partial charge in [0.05, 0.1) is 30.1 Å². The summed E-state index contributed by atoms with van der Waals surface area (Å²) < 4.78 is 36.3. The van der Waals surface area contributed by atoms with Gasteiger partial charge in [0, 0.05) is 13.1 Å². The Labute approximate surface area is 141 Å². The molecule has 1 aromatic rings. The van der Waals surface area contributed by atoms with Crippen LogP contribution in [0.2, 0.25) is 0 Å². The number of hydrogen-bond donors (Lipinski definition) is 0. The van der Waals surface area contributed by atoms with Crippen molar-refractivity contribution in [2.45, 2.75) is 24.7 Å². The van der Waals surface area contributed by atoms with Gasteiger partial charge in [-0.1, -0.05) is 6.07 Å². The van der Waals surface area contributed by atoms with Gasteiger partial charge in [-0.05, 0) is 38.0 Å². The van der Waals surface area contributed by atoms with Gasteiger partial charge in [-0.3, -0.25) is 4.79 Å². The average Bonchev–Trinajstić information content (AvgIpc) is 2.61. The van der Waals surface area contributed by atoms with E-state index >= 15 is 0 Å². The number of rotatable bonds is 5. The highest BCUT2D eigenvalue weighted by Gasteiger charge is 2.32. The fourth-order valence-corrected chi connectivity index (χ4v) is 4.16. The fourth-order valence-electron chi connectivity index (χ4n) is 2.64. The molecule has 24 heavy (non-hydrogen) atoms. The topological polar surface area (TPSA) is 90.0 Å². The summed E-state index contributed by atoms with van der Waals surface area (Å²) in [7, 11) is -2.47.